The van der Waals surface area contributed by atoms with Crippen molar-refractivity contribution in [1.82, 2.24) is 16.0 Å². The highest BCUT2D eigenvalue weighted by Crippen LogP contribution is 2.26. The average molecular weight is 383 g/mol. The summed E-state index contributed by atoms with van der Waals surface area (Å²) in [6, 6.07) is 2.81. The van der Waals surface area contributed by atoms with Gasteiger partial charge in [0.1, 0.15) is 5.60 Å². The van der Waals surface area contributed by atoms with Gasteiger partial charge in [0.15, 0.2) is 5.76 Å². The van der Waals surface area contributed by atoms with E-state index in [4.69, 9.17) is 4.42 Å². The van der Waals surface area contributed by atoms with Crippen molar-refractivity contribution in [2.45, 2.75) is 37.8 Å². The smallest absolute Gasteiger partial charge is 0.287 e. The summed E-state index contributed by atoms with van der Waals surface area (Å²) in [5.74, 6) is 0.427. The van der Waals surface area contributed by atoms with Crippen LogP contribution >= 0.6 is 11.8 Å². The van der Waals surface area contributed by atoms with Crippen molar-refractivity contribution in [1.29, 1.82) is 0 Å². The topological polar surface area (TPSA) is 121 Å². The molecule has 2 heterocycles. The number of amides is 3. The Labute approximate surface area is 156 Å². The first-order chi connectivity index (χ1) is 12.4. The highest BCUT2D eigenvalue weighted by atomic mass is 32.2. The van der Waals surface area contributed by atoms with Crippen LogP contribution in [0.4, 0.5) is 0 Å². The van der Waals surface area contributed by atoms with E-state index in [0.29, 0.717) is 19.3 Å². The van der Waals surface area contributed by atoms with Crippen molar-refractivity contribution in [2.24, 2.45) is 0 Å². The van der Waals surface area contributed by atoms with Crippen LogP contribution in [0, 0.1) is 0 Å². The minimum absolute atomic E-state index is 0.135. The van der Waals surface area contributed by atoms with Gasteiger partial charge in [0.2, 0.25) is 5.91 Å². The fraction of sp³-hybridized carbons (Fsp3) is 0.588. The standard InChI is InChI=1S/C17H25N3O5S/c1-2-12(10-19-16(23)17(24)5-8-26-9-6-17)20-14(21)11-18-15(22)13-4-3-7-25-13/h3-4,7,12,24H,2,5-6,8-11H2,1H3,(H,18,22)(H,19,23)(H,20,21). The number of carbonyl (C=O) groups excluding carboxylic acids is 3. The SMILES string of the molecule is CCC(CNC(=O)C1(O)CCSCC1)NC(=O)CNC(=O)c1ccco1. The molecular weight excluding hydrogens is 358 g/mol. The number of furan rings is 1. The Hall–Kier alpha value is -2.00. The van der Waals surface area contributed by atoms with Gasteiger partial charge in [-0.05, 0) is 42.9 Å². The van der Waals surface area contributed by atoms with Crippen molar-refractivity contribution < 1.29 is 23.9 Å². The van der Waals surface area contributed by atoms with Gasteiger partial charge in [-0.15, -0.1) is 0 Å². The quantitative estimate of drug-likeness (QED) is 0.512. The fourth-order valence-corrected chi connectivity index (χ4v) is 3.72. The number of thioether (sulfide) groups is 1. The van der Waals surface area contributed by atoms with E-state index in [2.05, 4.69) is 16.0 Å². The fourth-order valence-electron chi connectivity index (χ4n) is 2.55. The zero-order valence-electron chi connectivity index (χ0n) is 14.7. The summed E-state index contributed by atoms with van der Waals surface area (Å²) in [6.45, 7) is 1.91. The molecule has 4 N–H and O–H groups in total. The number of carbonyl (C=O) groups is 3. The van der Waals surface area contributed by atoms with Crippen molar-refractivity contribution in [3.63, 3.8) is 0 Å². The highest BCUT2D eigenvalue weighted by Gasteiger charge is 2.37. The Bertz CT molecular complexity index is 614. The van der Waals surface area contributed by atoms with E-state index >= 15 is 0 Å². The van der Waals surface area contributed by atoms with Crippen LogP contribution in [0.3, 0.4) is 0 Å². The second-order valence-electron chi connectivity index (χ2n) is 6.19. The van der Waals surface area contributed by atoms with Crippen molar-refractivity contribution in [2.75, 3.05) is 24.6 Å². The summed E-state index contributed by atoms with van der Waals surface area (Å²) in [5, 5.41) is 18.3. The third-order valence-corrected chi connectivity index (χ3v) is 5.25. The van der Waals surface area contributed by atoms with Crippen LogP contribution < -0.4 is 16.0 Å². The van der Waals surface area contributed by atoms with Gasteiger partial charge in [0.05, 0.1) is 12.8 Å². The number of nitrogens with one attached hydrogen (secondary N) is 3. The minimum Gasteiger partial charge on any atom is -0.459 e. The zero-order chi connectivity index (χ0) is 19.0. The summed E-state index contributed by atoms with van der Waals surface area (Å²) < 4.78 is 4.95. The number of hydrogen-bond donors (Lipinski definition) is 4. The van der Waals surface area contributed by atoms with E-state index in [0.717, 1.165) is 11.5 Å². The summed E-state index contributed by atoms with van der Waals surface area (Å²) >= 11 is 1.72. The monoisotopic (exact) mass is 383 g/mol. The summed E-state index contributed by atoms with van der Waals surface area (Å²) in [6.07, 6.45) is 2.85. The Morgan fingerprint density at radius 3 is 2.65 bits per heavy atom. The number of aliphatic hydroxyl groups is 1. The van der Waals surface area contributed by atoms with E-state index in [1.165, 1.54) is 12.3 Å². The molecule has 26 heavy (non-hydrogen) atoms. The highest BCUT2D eigenvalue weighted by molar-refractivity contribution is 7.99. The molecule has 8 nitrogen and oxygen atoms in total. The molecule has 3 amide bonds. The molecule has 0 aromatic carbocycles. The summed E-state index contributed by atoms with van der Waals surface area (Å²) in [7, 11) is 0. The molecule has 1 aliphatic rings. The summed E-state index contributed by atoms with van der Waals surface area (Å²) in [4.78, 5) is 35.9. The van der Waals surface area contributed by atoms with Crippen LogP contribution in [0.1, 0.15) is 36.7 Å². The van der Waals surface area contributed by atoms with Gasteiger partial charge >= 0.3 is 0 Å². The lowest BCUT2D eigenvalue weighted by atomic mass is 9.95. The maximum Gasteiger partial charge on any atom is 0.287 e. The van der Waals surface area contributed by atoms with E-state index in [1.54, 1.807) is 17.8 Å². The Kier molecular flexibility index (Phi) is 7.52. The van der Waals surface area contributed by atoms with Crippen molar-refractivity contribution >= 4 is 29.5 Å². The minimum atomic E-state index is -1.31. The second kappa shape index (κ2) is 9.63. The first-order valence-electron chi connectivity index (χ1n) is 8.64. The maximum absolute atomic E-state index is 12.2. The molecule has 144 valence electrons. The van der Waals surface area contributed by atoms with E-state index < -0.39 is 17.4 Å². The molecule has 1 aromatic rings. The van der Waals surface area contributed by atoms with Gasteiger partial charge in [-0.3, -0.25) is 14.4 Å². The van der Waals surface area contributed by atoms with Gasteiger partial charge in [-0.1, -0.05) is 6.92 Å². The first-order valence-corrected chi connectivity index (χ1v) is 9.79. The Morgan fingerprint density at radius 1 is 1.31 bits per heavy atom. The van der Waals surface area contributed by atoms with Crippen LogP contribution in [0.15, 0.2) is 22.8 Å². The molecule has 1 aromatic heterocycles. The zero-order valence-corrected chi connectivity index (χ0v) is 15.6. The molecule has 0 aliphatic carbocycles. The lowest BCUT2D eigenvalue weighted by Gasteiger charge is -2.31. The van der Waals surface area contributed by atoms with E-state index in [1.807, 2.05) is 6.92 Å². The largest absolute Gasteiger partial charge is 0.459 e. The molecule has 1 saturated heterocycles. The molecule has 1 unspecified atom stereocenters. The van der Waals surface area contributed by atoms with Gasteiger partial charge in [-0.2, -0.15) is 11.8 Å². The third-order valence-electron chi connectivity index (χ3n) is 4.26. The molecule has 1 aliphatic heterocycles. The van der Waals surface area contributed by atoms with Crippen LogP contribution in [-0.4, -0.2) is 59.1 Å². The van der Waals surface area contributed by atoms with Crippen LogP contribution in [0.2, 0.25) is 0 Å². The molecule has 2 rings (SSSR count). The number of hydrogen-bond acceptors (Lipinski definition) is 6. The van der Waals surface area contributed by atoms with Crippen LogP contribution in [0.5, 0.6) is 0 Å². The third kappa shape index (κ3) is 5.77. The van der Waals surface area contributed by atoms with Crippen LogP contribution in [-0.2, 0) is 9.59 Å². The van der Waals surface area contributed by atoms with E-state index in [-0.39, 0.29) is 30.8 Å². The molecular formula is C17H25N3O5S. The molecule has 0 bridgehead atoms. The molecule has 0 radical (unpaired) electrons. The summed E-state index contributed by atoms with van der Waals surface area (Å²) in [5.41, 5.74) is -1.31. The first kappa shape index (κ1) is 20.3. The van der Waals surface area contributed by atoms with Gasteiger partial charge in [-0.25, -0.2) is 0 Å². The van der Waals surface area contributed by atoms with Crippen molar-refractivity contribution in [3.05, 3.63) is 24.2 Å². The van der Waals surface area contributed by atoms with Gasteiger partial charge in [0, 0.05) is 12.6 Å². The molecule has 1 atom stereocenters. The van der Waals surface area contributed by atoms with Gasteiger partial charge < -0.3 is 25.5 Å². The van der Waals surface area contributed by atoms with Crippen molar-refractivity contribution in [3.8, 4) is 0 Å². The predicted molar refractivity (Wildman–Crippen MR) is 97.8 cm³/mol. The molecule has 1 fully saturated rings. The number of rotatable bonds is 8. The van der Waals surface area contributed by atoms with Gasteiger partial charge in [0.25, 0.3) is 11.8 Å². The average Bonchev–Trinajstić information content (AvgIpc) is 3.18. The maximum atomic E-state index is 12.2. The molecule has 0 spiro atoms. The predicted octanol–water partition coefficient (Wildman–Crippen LogP) is 0.279. The Morgan fingerprint density at radius 2 is 2.04 bits per heavy atom. The van der Waals surface area contributed by atoms with E-state index in [9.17, 15) is 19.5 Å². The Balaban J connectivity index is 1.73. The lowest BCUT2D eigenvalue weighted by molar-refractivity contribution is -0.140. The lowest BCUT2D eigenvalue weighted by Crippen LogP contribution is -2.53. The molecule has 0 saturated carbocycles. The normalized spacial score (nSPS) is 17.2. The van der Waals surface area contributed by atoms with Crippen LogP contribution in [0.25, 0.3) is 0 Å². The molecule has 9 heteroatoms. The second-order valence-corrected chi connectivity index (χ2v) is 7.41.